The Morgan fingerprint density at radius 3 is 3.00 bits per heavy atom. The molecule has 3 rings (SSSR count). The maximum absolute atomic E-state index is 6.61. The van der Waals surface area contributed by atoms with Crippen LogP contribution < -0.4 is 5.73 Å². The van der Waals surface area contributed by atoms with Crippen molar-refractivity contribution in [1.82, 2.24) is 9.38 Å². The summed E-state index contributed by atoms with van der Waals surface area (Å²) < 4.78 is 2.09. The molecule has 1 fully saturated rings. The van der Waals surface area contributed by atoms with Crippen molar-refractivity contribution < 1.29 is 0 Å². The van der Waals surface area contributed by atoms with Gasteiger partial charge in [0.05, 0.1) is 5.69 Å². The van der Waals surface area contributed by atoms with E-state index < -0.39 is 0 Å². The minimum absolute atomic E-state index is 0.0637. The third kappa shape index (κ3) is 2.31. The smallest absolute Gasteiger partial charge is 0.193 e. The van der Waals surface area contributed by atoms with Crippen molar-refractivity contribution in [3.8, 4) is 0 Å². The molecule has 2 aromatic rings. The van der Waals surface area contributed by atoms with Crippen LogP contribution in [0, 0.1) is 5.41 Å². The maximum atomic E-state index is 6.61. The third-order valence-electron chi connectivity index (χ3n) is 4.04. The summed E-state index contributed by atoms with van der Waals surface area (Å²) in [6.07, 6.45) is 9.86. The number of fused-ring (bicyclic) bond motifs is 1. The predicted octanol–water partition coefficient (Wildman–Crippen LogP) is 3.24. The third-order valence-corrected chi connectivity index (χ3v) is 4.81. The van der Waals surface area contributed by atoms with E-state index >= 15 is 0 Å². The Labute approximate surface area is 112 Å². The van der Waals surface area contributed by atoms with Crippen LogP contribution in [0.15, 0.2) is 17.8 Å². The van der Waals surface area contributed by atoms with Gasteiger partial charge >= 0.3 is 0 Å². The lowest BCUT2D eigenvalue weighted by Crippen LogP contribution is -2.48. The molecule has 1 saturated carbocycles. The Bertz CT molecular complexity index is 526. The molecule has 1 aliphatic carbocycles. The fraction of sp³-hybridized carbons (Fsp3) is 0.643. The number of nitrogens with zero attached hydrogens (tertiary/aromatic N) is 2. The van der Waals surface area contributed by atoms with E-state index in [0.717, 1.165) is 29.9 Å². The summed E-state index contributed by atoms with van der Waals surface area (Å²) in [6, 6.07) is 0. The first-order chi connectivity index (χ1) is 8.46. The molecule has 18 heavy (non-hydrogen) atoms. The number of thiazole rings is 1. The van der Waals surface area contributed by atoms with E-state index in [-0.39, 0.29) is 5.54 Å². The number of hydrogen-bond donors (Lipinski definition) is 1. The average Bonchev–Trinajstić information content (AvgIpc) is 2.74. The molecule has 2 N–H and O–H groups in total. The average molecular weight is 263 g/mol. The molecule has 2 aromatic heterocycles. The summed E-state index contributed by atoms with van der Waals surface area (Å²) in [4.78, 5) is 5.73. The van der Waals surface area contributed by atoms with E-state index in [1.165, 1.54) is 12.8 Å². The monoisotopic (exact) mass is 263 g/mol. The van der Waals surface area contributed by atoms with Crippen molar-refractivity contribution in [2.75, 3.05) is 0 Å². The van der Waals surface area contributed by atoms with Gasteiger partial charge in [-0.05, 0) is 24.7 Å². The lowest BCUT2D eigenvalue weighted by atomic mass is 9.67. The van der Waals surface area contributed by atoms with Crippen molar-refractivity contribution in [1.29, 1.82) is 0 Å². The first-order valence-corrected chi connectivity index (χ1v) is 7.54. The van der Waals surface area contributed by atoms with Crippen LogP contribution >= 0.6 is 11.3 Å². The highest BCUT2D eigenvalue weighted by Gasteiger charge is 2.37. The molecule has 1 aliphatic rings. The molecule has 4 heteroatoms. The van der Waals surface area contributed by atoms with Crippen LogP contribution in [0.1, 0.15) is 45.2 Å². The minimum atomic E-state index is -0.0637. The van der Waals surface area contributed by atoms with Crippen molar-refractivity contribution in [3.05, 3.63) is 23.5 Å². The fourth-order valence-corrected chi connectivity index (χ4v) is 4.14. The zero-order chi connectivity index (χ0) is 12.8. The molecule has 0 spiro atoms. The van der Waals surface area contributed by atoms with E-state index in [2.05, 4.69) is 41.0 Å². The summed E-state index contributed by atoms with van der Waals surface area (Å²) in [5, 5.41) is 2.06. The highest BCUT2D eigenvalue weighted by Crippen LogP contribution is 2.41. The fourth-order valence-electron chi connectivity index (χ4n) is 3.42. The zero-order valence-electron chi connectivity index (χ0n) is 11.1. The number of nitrogens with two attached hydrogens (primary N) is 1. The Hall–Kier alpha value is -0.870. The summed E-state index contributed by atoms with van der Waals surface area (Å²) >= 11 is 1.68. The highest BCUT2D eigenvalue weighted by atomic mass is 32.1. The first kappa shape index (κ1) is 12.2. The molecule has 1 atom stereocenters. The molecule has 98 valence electrons. The Kier molecular flexibility index (Phi) is 2.75. The summed E-state index contributed by atoms with van der Waals surface area (Å²) in [5.41, 5.74) is 8.07. The number of hydrogen-bond acceptors (Lipinski definition) is 3. The van der Waals surface area contributed by atoms with Gasteiger partial charge in [0.2, 0.25) is 0 Å². The molecule has 1 unspecified atom stereocenters. The Balaban J connectivity index is 1.80. The topological polar surface area (TPSA) is 43.3 Å². The second-order valence-electron chi connectivity index (χ2n) is 6.56. The highest BCUT2D eigenvalue weighted by molar-refractivity contribution is 7.15. The van der Waals surface area contributed by atoms with Crippen molar-refractivity contribution in [3.63, 3.8) is 0 Å². The van der Waals surface area contributed by atoms with Crippen molar-refractivity contribution >= 4 is 16.3 Å². The number of aromatic nitrogens is 2. The molecule has 0 radical (unpaired) electrons. The summed E-state index contributed by atoms with van der Waals surface area (Å²) in [5.74, 6) is 0. The van der Waals surface area contributed by atoms with Crippen molar-refractivity contribution in [2.24, 2.45) is 11.1 Å². The zero-order valence-corrected chi connectivity index (χ0v) is 12.0. The van der Waals surface area contributed by atoms with E-state index in [9.17, 15) is 0 Å². The first-order valence-electron chi connectivity index (χ1n) is 6.66. The molecule has 3 nitrogen and oxygen atoms in total. The summed E-state index contributed by atoms with van der Waals surface area (Å²) in [7, 11) is 0. The van der Waals surface area contributed by atoms with Crippen LogP contribution in [-0.2, 0) is 6.42 Å². The minimum Gasteiger partial charge on any atom is -0.325 e. The van der Waals surface area contributed by atoms with E-state index in [0.29, 0.717) is 5.41 Å². The number of rotatable bonds is 2. The normalized spacial score (nSPS) is 27.7. The Morgan fingerprint density at radius 2 is 2.28 bits per heavy atom. The molecule has 0 saturated heterocycles. The molecule has 0 bridgehead atoms. The second-order valence-corrected chi connectivity index (χ2v) is 7.43. The van der Waals surface area contributed by atoms with Crippen LogP contribution in [0.3, 0.4) is 0 Å². The molecule has 2 heterocycles. The lowest BCUT2D eigenvalue weighted by molar-refractivity contribution is 0.150. The predicted molar refractivity (Wildman–Crippen MR) is 75.9 cm³/mol. The van der Waals surface area contributed by atoms with Gasteiger partial charge in [0.15, 0.2) is 4.96 Å². The van der Waals surface area contributed by atoms with Gasteiger partial charge in [0.1, 0.15) is 0 Å². The molecular weight excluding hydrogens is 242 g/mol. The molecule has 0 amide bonds. The van der Waals surface area contributed by atoms with Gasteiger partial charge in [-0.3, -0.25) is 4.40 Å². The van der Waals surface area contributed by atoms with Gasteiger partial charge < -0.3 is 5.73 Å². The van der Waals surface area contributed by atoms with Crippen LogP contribution in [0.4, 0.5) is 0 Å². The van der Waals surface area contributed by atoms with Gasteiger partial charge in [-0.15, -0.1) is 11.3 Å². The van der Waals surface area contributed by atoms with Crippen LogP contribution in [0.5, 0.6) is 0 Å². The maximum Gasteiger partial charge on any atom is 0.193 e. The Morgan fingerprint density at radius 1 is 1.44 bits per heavy atom. The van der Waals surface area contributed by atoms with E-state index in [4.69, 9.17) is 5.73 Å². The largest absolute Gasteiger partial charge is 0.325 e. The van der Waals surface area contributed by atoms with E-state index in [1.54, 1.807) is 11.3 Å². The SMILES string of the molecule is CC1(C)CCCC(N)(Cc2cn3ccsc3n2)C1. The molecule has 0 aromatic carbocycles. The molecular formula is C14H21N3S. The van der Waals surface area contributed by atoms with Gasteiger partial charge in [0.25, 0.3) is 0 Å². The summed E-state index contributed by atoms with van der Waals surface area (Å²) in [6.45, 7) is 4.67. The van der Waals surface area contributed by atoms with E-state index in [1.807, 2.05) is 0 Å². The molecule has 0 aliphatic heterocycles. The van der Waals surface area contributed by atoms with Crippen LogP contribution in [-0.4, -0.2) is 14.9 Å². The van der Waals surface area contributed by atoms with Gasteiger partial charge in [-0.2, -0.15) is 0 Å². The van der Waals surface area contributed by atoms with Gasteiger partial charge in [-0.1, -0.05) is 20.3 Å². The van der Waals surface area contributed by atoms with Crippen LogP contribution in [0.25, 0.3) is 4.96 Å². The number of imidazole rings is 1. The van der Waals surface area contributed by atoms with Crippen molar-refractivity contribution in [2.45, 2.75) is 51.5 Å². The van der Waals surface area contributed by atoms with Gasteiger partial charge in [0, 0.05) is 29.7 Å². The lowest BCUT2D eigenvalue weighted by Gasteiger charge is -2.42. The van der Waals surface area contributed by atoms with Crippen LogP contribution in [0.2, 0.25) is 0 Å². The second kappa shape index (κ2) is 4.07. The quantitative estimate of drug-likeness (QED) is 0.904. The van der Waals surface area contributed by atoms with Gasteiger partial charge in [-0.25, -0.2) is 4.98 Å². The standard InChI is InChI=1S/C14H21N3S/c1-13(2)4-3-5-14(15,10-13)8-11-9-17-6-7-18-12(17)16-11/h6-7,9H,3-5,8,10,15H2,1-2H3.